The fourth-order valence-electron chi connectivity index (χ4n) is 2.24. The van der Waals surface area contributed by atoms with Gasteiger partial charge in [0.05, 0.1) is 5.60 Å². The summed E-state index contributed by atoms with van der Waals surface area (Å²) < 4.78 is 18.4. The van der Waals surface area contributed by atoms with Crippen LogP contribution in [0.4, 0.5) is 4.39 Å². The van der Waals surface area contributed by atoms with Gasteiger partial charge in [0, 0.05) is 20.2 Å². The minimum absolute atomic E-state index is 0.148. The van der Waals surface area contributed by atoms with Crippen molar-refractivity contribution in [2.45, 2.75) is 25.4 Å². The molecule has 1 aliphatic heterocycles. The quantitative estimate of drug-likeness (QED) is 0.754. The summed E-state index contributed by atoms with van der Waals surface area (Å²) in [6.45, 7) is 3.15. The molecule has 0 saturated carbocycles. The summed E-state index contributed by atoms with van der Waals surface area (Å²) in [7, 11) is 1.65. The van der Waals surface area contributed by atoms with Crippen LogP contribution in [0.5, 0.6) is 0 Å². The van der Waals surface area contributed by atoms with Crippen LogP contribution < -0.4 is 0 Å². The maximum absolute atomic E-state index is 13.0. The van der Waals surface area contributed by atoms with Gasteiger partial charge in [-0.2, -0.15) is 4.39 Å². The van der Waals surface area contributed by atoms with E-state index in [1.165, 1.54) is 18.2 Å². The predicted octanol–water partition coefficient (Wildman–Crippen LogP) is 1.86. The first kappa shape index (κ1) is 13.0. The van der Waals surface area contributed by atoms with Gasteiger partial charge in [0.1, 0.15) is 5.69 Å². The zero-order chi connectivity index (χ0) is 13.2. The van der Waals surface area contributed by atoms with Crippen LogP contribution in [0.1, 0.15) is 30.3 Å². The Balaban J connectivity index is 2.14. The van der Waals surface area contributed by atoms with Crippen LogP contribution >= 0.6 is 0 Å². The molecule has 1 aromatic heterocycles. The Kier molecular flexibility index (Phi) is 3.61. The van der Waals surface area contributed by atoms with Crippen LogP contribution in [-0.2, 0) is 4.74 Å². The molecule has 0 spiro atoms. The number of aromatic nitrogens is 1. The summed E-state index contributed by atoms with van der Waals surface area (Å²) in [4.78, 5) is 17.5. The minimum atomic E-state index is -0.632. The Morgan fingerprint density at radius 3 is 3.00 bits per heavy atom. The third kappa shape index (κ3) is 2.67. The van der Waals surface area contributed by atoms with E-state index in [-0.39, 0.29) is 17.2 Å². The SMILES string of the molecule is COC1(C)CCCN(C(=O)c2cccc(F)n2)C1. The second kappa shape index (κ2) is 5.02. The lowest BCUT2D eigenvalue weighted by Gasteiger charge is -2.39. The van der Waals surface area contributed by atoms with E-state index in [9.17, 15) is 9.18 Å². The highest BCUT2D eigenvalue weighted by atomic mass is 19.1. The molecule has 0 aliphatic carbocycles. The lowest BCUT2D eigenvalue weighted by Crippen LogP contribution is -2.49. The molecule has 2 rings (SSSR count). The number of pyridine rings is 1. The summed E-state index contributed by atoms with van der Waals surface area (Å²) in [5, 5.41) is 0. The number of rotatable bonds is 2. The number of likely N-dealkylation sites (tertiary alicyclic amines) is 1. The van der Waals surface area contributed by atoms with Crippen molar-refractivity contribution in [2.24, 2.45) is 0 Å². The van der Waals surface area contributed by atoms with Gasteiger partial charge in [-0.3, -0.25) is 4.79 Å². The number of piperidine rings is 1. The van der Waals surface area contributed by atoms with Crippen LogP contribution in [-0.4, -0.2) is 41.6 Å². The first-order chi connectivity index (χ1) is 8.54. The molecule has 1 unspecified atom stereocenters. The number of methoxy groups -OCH3 is 1. The van der Waals surface area contributed by atoms with Gasteiger partial charge < -0.3 is 9.64 Å². The second-order valence-electron chi connectivity index (χ2n) is 4.83. The minimum Gasteiger partial charge on any atom is -0.377 e. The third-order valence-electron chi connectivity index (χ3n) is 3.37. The van der Waals surface area contributed by atoms with E-state index in [2.05, 4.69) is 4.98 Å². The Hall–Kier alpha value is -1.49. The number of amides is 1. The average molecular weight is 252 g/mol. The lowest BCUT2D eigenvalue weighted by atomic mass is 9.94. The first-order valence-corrected chi connectivity index (χ1v) is 6.01. The standard InChI is InChI=1S/C13H17FN2O2/c1-13(18-2)7-4-8-16(9-13)12(17)10-5-3-6-11(14)15-10/h3,5-6H,4,7-9H2,1-2H3. The molecule has 1 aromatic rings. The molecule has 0 N–H and O–H groups in total. The van der Waals surface area contributed by atoms with Crippen LogP contribution in [0.25, 0.3) is 0 Å². The first-order valence-electron chi connectivity index (χ1n) is 6.01. The second-order valence-corrected chi connectivity index (χ2v) is 4.83. The molecule has 2 heterocycles. The highest BCUT2D eigenvalue weighted by Gasteiger charge is 2.33. The number of hydrogen-bond acceptors (Lipinski definition) is 3. The highest BCUT2D eigenvalue weighted by Crippen LogP contribution is 2.24. The fraction of sp³-hybridized carbons (Fsp3) is 0.538. The molecular weight excluding hydrogens is 235 g/mol. The van der Waals surface area contributed by atoms with Crippen molar-refractivity contribution >= 4 is 5.91 Å². The predicted molar refractivity (Wildman–Crippen MR) is 64.7 cm³/mol. The van der Waals surface area contributed by atoms with E-state index in [1.807, 2.05) is 6.92 Å². The van der Waals surface area contributed by atoms with E-state index in [1.54, 1.807) is 12.0 Å². The van der Waals surface area contributed by atoms with Gasteiger partial charge in [-0.25, -0.2) is 4.98 Å². The van der Waals surface area contributed by atoms with Crippen molar-refractivity contribution in [1.29, 1.82) is 0 Å². The van der Waals surface area contributed by atoms with Crippen molar-refractivity contribution in [1.82, 2.24) is 9.88 Å². The summed E-state index contributed by atoms with van der Waals surface area (Å²) in [5.41, 5.74) is -0.170. The van der Waals surface area contributed by atoms with E-state index >= 15 is 0 Å². The van der Waals surface area contributed by atoms with Gasteiger partial charge in [0.15, 0.2) is 0 Å². The molecule has 1 fully saturated rings. The van der Waals surface area contributed by atoms with E-state index in [0.29, 0.717) is 13.1 Å². The topological polar surface area (TPSA) is 42.4 Å². The van der Waals surface area contributed by atoms with Crippen LogP contribution in [0.2, 0.25) is 0 Å². The van der Waals surface area contributed by atoms with Crippen molar-refractivity contribution in [3.05, 3.63) is 29.8 Å². The Morgan fingerprint density at radius 2 is 2.33 bits per heavy atom. The average Bonchev–Trinajstić information content (AvgIpc) is 2.38. The van der Waals surface area contributed by atoms with Gasteiger partial charge in [-0.15, -0.1) is 0 Å². The third-order valence-corrected chi connectivity index (χ3v) is 3.37. The summed E-state index contributed by atoms with van der Waals surface area (Å²) >= 11 is 0. The van der Waals surface area contributed by atoms with Crippen LogP contribution in [0, 0.1) is 5.95 Å². The van der Waals surface area contributed by atoms with Crippen molar-refractivity contribution in [3.63, 3.8) is 0 Å². The summed E-state index contributed by atoms with van der Waals surface area (Å²) in [6.07, 6.45) is 1.80. The van der Waals surface area contributed by atoms with Gasteiger partial charge >= 0.3 is 0 Å². The Labute approximate surface area is 106 Å². The van der Waals surface area contributed by atoms with Crippen LogP contribution in [0.15, 0.2) is 18.2 Å². The molecular formula is C13H17FN2O2. The molecule has 1 aliphatic rings. The Bertz CT molecular complexity index is 452. The molecule has 1 atom stereocenters. The smallest absolute Gasteiger partial charge is 0.272 e. The molecule has 1 saturated heterocycles. The van der Waals surface area contributed by atoms with E-state index in [4.69, 9.17) is 4.74 Å². The van der Waals surface area contributed by atoms with Gasteiger partial charge in [0.2, 0.25) is 5.95 Å². The molecule has 1 amide bonds. The zero-order valence-corrected chi connectivity index (χ0v) is 10.6. The molecule has 0 aromatic carbocycles. The number of carbonyl (C=O) groups excluding carboxylic acids is 1. The number of hydrogen-bond donors (Lipinski definition) is 0. The van der Waals surface area contributed by atoms with Crippen molar-refractivity contribution < 1.29 is 13.9 Å². The fourth-order valence-corrected chi connectivity index (χ4v) is 2.24. The van der Waals surface area contributed by atoms with Gasteiger partial charge in [-0.05, 0) is 31.9 Å². The number of ether oxygens (including phenoxy) is 1. The number of halogens is 1. The molecule has 18 heavy (non-hydrogen) atoms. The molecule has 0 radical (unpaired) electrons. The molecule has 4 nitrogen and oxygen atoms in total. The normalized spacial score (nSPS) is 24.1. The summed E-state index contributed by atoms with van der Waals surface area (Å²) in [6, 6.07) is 4.26. The highest BCUT2D eigenvalue weighted by molar-refractivity contribution is 5.92. The number of nitrogens with zero attached hydrogens (tertiary/aromatic N) is 2. The van der Waals surface area contributed by atoms with E-state index < -0.39 is 5.95 Å². The molecule has 0 bridgehead atoms. The maximum Gasteiger partial charge on any atom is 0.272 e. The molecule has 5 heteroatoms. The van der Waals surface area contributed by atoms with Crippen molar-refractivity contribution in [2.75, 3.05) is 20.2 Å². The summed E-state index contributed by atoms with van der Waals surface area (Å²) in [5.74, 6) is -0.871. The Morgan fingerprint density at radius 1 is 1.56 bits per heavy atom. The van der Waals surface area contributed by atoms with Gasteiger partial charge in [-0.1, -0.05) is 6.07 Å². The number of carbonyl (C=O) groups is 1. The lowest BCUT2D eigenvalue weighted by molar-refractivity contribution is -0.0441. The molecule has 98 valence electrons. The zero-order valence-electron chi connectivity index (χ0n) is 10.6. The van der Waals surface area contributed by atoms with Gasteiger partial charge in [0.25, 0.3) is 5.91 Å². The monoisotopic (exact) mass is 252 g/mol. The van der Waals surface area contributed by atoms with Crippen LogP contribution in [0.3, 0.4) is 0 Å². The maximum atomic E-state index is 13.0. The largest absolute Gasteiger partial charge is 0.377 e. The van der Waals surface area contributed by atoms with E-state index in [0.717, 1.165) is 12.8 Å². The van der Waals surface area contributed by atoms with Crippen molar-refractivity contribution in [3.8, 4) is 0 Å².